The van der Waals surface area contributed by atoms with Gasteiger partial charge in [0.25, 0.3) is 0 Å². The van der Waals surface area contributed by atoms with Crippen LogP contribution in [0.2, 0.25) is 0 Å². The highest BCUT2D eigenvalue weighted by atomic mass is 16.5. The van der Waals surface area contributed by atoms with Gasteiger partial charge >= 0.3 is 5.97 Å². The Morgan fingerprint density at radius 1 is 1.38 bits per heavy atom. The van der Waals surface area contributed by atoms with Crippen LogP contribution in [0.25, 0.3) is 11.0 Å². The predicted molar refractivity (Wildman–Crippen MR) is 82.2 cm³/mol. The number of hydrogen-bond acceptors (Lipinski definition) is 3. The number of aromatic nitrogens is 2. The lowest BCUT2D eigenvalue weighted by molar-refractivity contribution is -0.146. The maximum absolute atomic E-state index is 12.4. The maximum Gasteiger partial charge on any atom is 0.316 e. The molecule has 1 saturated carbocycles. The second-order valence-corrected chi connectivity index (χ2v) is 6.03. The van der Waals surface area contributed by atoms with E-state index in [1.165, 1.54) is 12.8 Å². The average Bonchev–Trinajstić information content (AvgIpc) is 3.20. The van der Waals surface area contributed by atoms with Crippen molar-refractivity contribution in [3.05, 3.63) is 30.1 Å². The number of rotatable bonds is 5. The van der Waals surface area contributed by atoms with Gasteiger partial charge in [0.15, 0.2) is 0 Å². The lowest BCUT2D eigenvalue weighted by Crippen LogP contribution is -2.24. The van der Waals surface area contributed by atoms with Crippen molar-refractivity contribution in [2.75, 3.05) is 6.61 Å². The minimum absolute atomic E-state index is 0.162. The van der Waals surface area contributed by atoms with Crippen LogP contribution in [0, 0.1) is 5.92 Å². The van der Waals surface area contributed by atoms with Crippen molar-refractivity contribution in [1.29, 1.82) is 0 Å². The van der Waals surface area contributed by atoms with Crippen molar-refractivity contribution in [2.45, 2.75) is 45.6 Å². The molecule has 21 heavy (non-hydrogen) atoms. The number of benzene rings is 1. The summed E-state index contributed by atoms with van der Waals surface area (Å²) in [5.74, 6) is 0.577. The SMILES string of the molecule is CCOC(=O)C(c1nc2ccccc2n1C1CC1)C(C)C. The number of para-hydroxylation sites is 2. The topological polar surface area (TPSA) is 44.1 Å². The molecule has 0 N–H and O–H groups in total. The Labute approximate surface area is 125 Å². The van der Waals surface area contributed by atoms with Gasteiger partial charge in [-0.2, -0.15) is 0 Å². The van der Waals surface area contributed by atoms with Gasteiger partial charge in [0.05, 0.1) is 17.6 Å². The van der Waals surface area contributed by atoms with Crippen LogP contribution in [0.1, 0.15) is 51.4 Å². The lowest BCUT2D eigenvalue weighted by atomic mass is 9.95. The van der Waals surface area contributed by atoms with E-state index in [1.807, 2.05) is 25.1 Å². The largest absolute Gasteiger partial charge is 0.465 e. The van der Waals surface area contributed by atoms with Gasteiger partial charge in [-0.15, -0.1) is 0 Å². The van der Waals surface area contributed by atoms with Crippen LogP contribution in [-0.4, -0.2) is 22.1 Å². The van der Waals surface area contributed by atoms with Gasteiger partial charge in [0.1, 0.15) is 11.7 Å². The molecule has 112 valence electrons. The standard InChI is InChI=1S/C17H22N2O2/c1-4-21-17(20)15(11(2)3)16-18-13-7-5-6-8-14(13)19(16)12-9-10-12/h5-8,11-12,15H,4,9-10H2,1-3H3. The summed E-state index contributed by atoms with van der Waals surface area (Å²) in [6.07, 6.45) is 2.34. The summed E-state index contributed by atoms with van der Waals surface area (Å²) in [6, 6.07) is 8.61. The van der Waals surface area contributed by atoms with Crippen LogP contribution in [-0.2, 0) is 9.53 Å². The van der Waals surface area contributed by atoms with Crippen LogP contribution < -0.4 is 0 Å². The number of nitrogens with zero attached hydrogens (tertiary/aromatic N) is 2. The Kier molecular flexibility index (Phi) is 3.70. The van der Waals surface area contributed by atoms with Crippen LogP contribution in [0.15, 0.2) is 24.3 Å². The minimum atomic E-state index is -0.294. The Bertz CT molecular complexity index is 656. The fourth-order valence-electron chi connectivity index (χ4n) is 2.91. The summed E-state index contributed by atoms with van der Waals surface area (Å²) >= 11 is 0. The molecule has 1 atom stereocenters. The van der Waals surface area contributed by atoms with Gasteiger partial charge in [-0.1, -0.05) is 26.0 Å². The monoisotopic (exact) mass is 286 g/mol. The van der Waals surface area contributed by atoms with Crippen molar-refractivity contribution in [1.82, 2.24) is 9.55 Å². The van der Waals surface area contributed by atoms with E-state index in [-0.39, 0.29) is 17.8 Å². The summed E-state index contributed by atoms with van der Waals surface area (Å²) in [5, 5.41) is 0. The number of hydrogen-bond donors (Lipinski definition) is 0. The van der Waals surface area contributed by atoms with Crippen molar-refractivity contribution < 1.29 is 9.53 Å². The van der Waals surface area contributed by atoms with E-state index in [1.54, 1.807) is 0 Å². The highest BCUT2D eigenvalue weighted by Gasteiger charge is 2.35. The number of ether oxygens (including phenoxy) is 1. The van der Waals surface area contributed by atoms with Crippen LogP contribution in [0.4, 0.5) is 0 Å². The van der Waals surface area contributed by atoms with Gasteiger partial charge in [0, 0.05) is 6.04 Å². The average molecular weight is 286 g/mol. The van der Waals surface area contributed by atoms with Crippen molar-refractivity contribution in [3.63, 3.8) is 0 Å². The van der Waals surface area contributed by atoms with Gasteiger partial charge < -0.3 is 9.30 Å². The molecule has 1 aliphatic rings. The van der Waals surface area contributed by atoms with Crippen LogP contribution in [0.3, 0.4) is 0 Å². The van der Waals surface area contributed by atoms with Crippen LogP contribution in [0.5, 0.6) is 0 Å². The number of carbonyl (C=O) groups excluding carboxylic acids is 1. The highest BCUT2D eigenvalue weighted by molar-refractivity contribution is 5.81. The molecule has 1 aliphatic carbocycles. The third-order valence-electron chi connectivity index (χ3n) is 4.02. The third-order valence-corrected chi connectivity index (χ3v) is 4.02. The first-order valence-electron chi connectivity index (χ1n) is 7.77. The zero-order chi connectivity index (χ0) is 15.0. The van der Waals surface area contributed by atoms with E-state index >= 15 is 0 Å². The zero-order valence-corrected chi connectivity index (χ0v) is 12.9. The number of carbonyl (C=O) groups is 1. The van der Waals surface area contributed by atoms with E-state index in [0.29, 0.717) is 12.6 Å². The Hall–Kier alpha value is -1.84. The summed E-state index contributed by atoms with van der Waals surface area (Å²) < 4.78 is 7.54. The van der Waals surface area contributed by atoms with E-state index in [0.717, 1.165) is 16.9 Å². The number of imidazole rings is 1. The normalized spacial score (nSPS) is 16.4. The second-order valence-electron chi connectivity index (χ2n) is 6.03. The molecule has 4 heteroatoms. The highest BCUT2D eigenvalue weighted by Crippen LogP contribution is 2.41. The smallest absolute Gasteiger partial charge is 0.316 e. The van der Waals surface area contributed by atoms with Crippen molar-refractivity contribution in [2.24, 2.45) is 5.92 Å². The van der Waals surface area contributed by atoms with Gasteiger partial charge in [-0.3, -0.25) is 4.79 Å². The van der Waals surface area contributed by atoms with E-state index < -0.39 is 0 Å². The van der Waals surface area contributed by atoms with Crippen molar-refractivity contribution >= 4 is 17.0 Å². The molecule has 0 radical (unpaired) electrons. The van der Waals surface area contributed by atoms with E-state index in [2.05, 4.69) is 24.5 Å². The molecule has 0 spiro atoms. The summed E-state index contributed by atoms with van der Waals surface area (Å²) in [7, 11) is 0. The Morgan fingerprint density at radius 2 is 2.10 bits per heavy atom. The maximum atomic E-state index is 12.4. The minimum Gasteiger partial charge on any atom is -0.465 e. The molecule has 0 saturated heterocycles. The van der Waals surface area contributed by atoms with E-state index in [4.69, 9.17) is 9.72 Å². The van der Waals surface area contributed by atoms with Gasteiger partial charge in [0.2, 0.25) is 0 Å². The second kappa shape index (κ2) is 5.51. The summed E-state index contributed by atoms with van der Waals surface area (Å²) in [6.45, 7) is 6.36. The Morgan fingerprint density at radius 3 is 2.71 bits per heavy atom. The van der Waals surface area contributed by atoms with Gasteiger partial charge in [-0.05, 0) is 37.8 Å². The molecule has 1 aromatic heterocycles. The first kappa shape index (κ1) is 14.1. The molecule has 0 aliphatic heterocycles. The van der Waals surface area contributed by atoms with Gasteiger partial charge in [-0.25, -0.2) is 4.98 Å². The predicted octanol–water partition coefficient (Wildman–Crippen LogP) is 3.67. The van der Waals surface area contributed by atoms with E-state index in [9.17, 15) is 4.79 Å². The molecule has 0 amide bonds. The zero-order valence-electron chi connectivity index (χ0n) is 12.9. The summed E-state index contributed by atoms with van der Waals surface area (Å²) in [4.78, 5) is 17.1. The Balaban J connectivity index is 2.12. The fourth-order valence-corrected chi connectivity index (χ4v) is 2.91. The first-order valence-corrected chi connectivity index (χ1v) is 7.77. The molecule has 1 aromatic carbocycles. The quantitative estimate of drug-likeness (QED) is 0.788. The van der Waals surface area contributed by atoms with Crippen molar-refractivity contribution in [3.8, 4) is 0 Å². The lowest BCUT2D eigenvalue weighted by Gasteiger charge is -2.20. The molecular weight excluding hydrogens is 264 g/mol. The number of fused-ring (bicyclic) bond motifs is 1. The fraction of sp³-hybridized carbons (Fsp3) is 0.529. The molecule has 1 fully saturated rings. The molecule has 1 unspecified atom stereocenters. The van der Waals surface area contributed by atoms with Crippen LogP contribution >= 0.6 is 0 Å². The number of esters is 1. The molecule has 1 heterocycles. The molecule has 4 nitrogen and oxygen atoms in total. The molecule has 2 aromatic rings. The molecular formula is C17H22N2O2. The third kappa shape index (κ3) is 2.55. The molecule has 0 bridgehead atoms. The first-order chi connectivity index (χ1) is 10.1. The summed E-state index contributed by atoms with van der Waals surface area (Å²) in [5.41, 5.74) is 2.10. The molecule has 3 rings (SSSR count).